The molecule has 1 aliphatic carbocycles. The molecule has 0 radical (unpaired) electrons. The van der Waals surface area contributed by atoms with E-state index in [2.05, 4.69) is 34.0 Å². The van der Waals surface area contributed by atoms with E-state index in [9.17, 15) is 0 Å². The Morgan fingerprint density at radius 3 is 2.50 bits per heavy atom. The van der Waals surface area contributed by atoms with Gasteiger partial charge in [-0.3, -0.25) is 9.89 Å². The smallest absolute Gasteiger partial charge is 0.193 e. The molecule has 1 heterocycles. The summed E-state index contributed by atoms with van der Waals surface area (Å²) in [5.74, 6) is 2.10. The van der Waals surface area contributed by atoms with Crippen molar-refractivity contribution in [3.8, 4) is 0 Å². The molecule has 0 aromatic carbocycles. The summed E-state index contributed by atoms with van der Waals surface area (Å²) < 4.78 is 0. The Morgan fingerprint density at radius 2 is 1.95 bits per heavy atom. The minimum atomic E-state index is 0. The Kier molecular flexibility index (Phi) is 8.17. The predicted molar refractivity (Wildman–Crippen MR) is 97.0 cm³/mol. The first kappa shape index (κ1) is 18.0. The molecular weight excluding hydrogens is 363 g/mol. The molecule has 2 fully saturated rings. The van der Waals surface area contributed by atoms with Crippen molar-refractivity contribution in [2.45, 2.75) is 45.6 Å². The first-order valence-corrected chi connectivity index (χ1v) is 7.98. The van der Waals surface area contributed by atoms with Gasteiger partial charge < -0.3 is 10.2 Å². The summed E-state index contributed by atoms with van der Waals surface area (Å²) in [7, 11) is 1.91. The molecule has 20 heavy (non-hydrogen) atoms. The average molecular weight is 394 g/mol. The topological polar surface area (TPSA) is 30.9 Å². The molecule has 1 aliphatic heterocycles. The number of hydrogen-bond acceptors (Lipinski definition) is 2. The molecule has 2 aliphatic rings. The third-order valence-electron chi connectivity index (χ3n) is 4.54. The minimum absolute atomic E-state index is 0. The lowest BCUT2D eigenvalue weighted by atomic mass is 10.2. The highest BCUT2D eigenvalue weighted by molar-refractivity contribution is 14.0. The molecule has 1 N–H and O–H groups in total. The highest BCUT2D eigenvalue weighted by Gasteiger charge is 2.28. The first-order valence-electron chi connectivity index (χ1n) is 7.98. The predicted octanol–water partition coefficient (Wildman–Crippen LogP) is 2.40. The normalized spacial score (nSPS) is 23.1. The zero-order chi connectivity index (χ0) is 13.7. The van der Waals surface area contributed by atoms with E-state index in [1.54, 1.807) is 0 Å². The van der Waals surface area contributed by atoms with Gasteiger partial charge in [-0.2, -0.15) is 0 Å². The quantitative estimate of drug-likeness (QED) is 0.427. The fraction of sp³-hybridized carbons (Fsp3) is 0.933. The van der Waals surface area contributed by atoms with Crippen LogP contribution in [-0.2, 0) is 0 Å². The Balaban J connectivity index is 0.00000200. The molecule has 1 saturated carbocycles. The number of nitrogens with one attached hydrogen (secondary N) is 1. The average Bonchev–Trinajstić information content (AvgIpc) is 3.13. The second-order valence-electron chi connectivity index (χ2n) is 5.82. The van der Waals surface area contributed by atoms with Crippen LogP contribution in [0.4, 0.5) is 0 Å². The van der Waals surface area contributed by atoms with Crippen molar-refractivity contribution in [3.63, 3.8) is 0 Å². The van der Waals surface area contributed by atoms with E-state index in [-0.39, 0.29) is 24.0 Å². The van der Waals surface area contributed by atoms with Crippen LogP contribution in [0.25, 0.3) is 0 Å². The van der Waals surface area contributed by atoms with E-state index in [0.29, 0.717) is 6.04 Å². The van der Waals surface area contributed by atoms with Crippen molar-refractivity contribution < 1.29 is 0 Å². The number of nitrogens with zero attached hydrogens (tertiary/aromatic N) is 3. The van der Waals surface area contributed by atoms with Crippen LogP contribution in [0.15, 0.2) is 4.99 Å². The van der Waals surface area contributed by atoms with Gasteiger partial charge >= 0.3 is 0 Å². The van der Waals surface area contributed by atoms with Gasteiger partial charge in [0.25, 0.3) is 0 Å². The van der Waals surface area contributed by atoms with Gasteiger partial charge in [0.2, 0.25) is 0 Å². The van der Waals surface area contributed by atoms with Gasteiger partial charge in [-0.05, 0) is 31.8 Å². The van der Waals surface area contributed by atoms with Crippen LogP contribution < -0.4 is 5.32 Å². The molecule has 118 valence electrons. The van der Waals surface area contributed by atoms with Gasteiger partial charge in [0.05, 0.1) is 0 Å². The maximum absolute atomic E-state index is 4.45. The molecule has 1 atom stereocenters. The number of likely N-dealkylation sites (N-methyl/N-ethyl adjacent to an activating group) is 1. The lowest BCUT2D eigenvalue weighted by Crippen LogP contribution is -2.43. The molecule has 0 amide bonds. The Hall–Kier alpha value is -0.0400. The number of hydrogen-bond donors (Lipinski definition) is 1. The molecule has 5 heteroatoms. The van der Waals surface area contributed by atoms with Crippen molar-refractivity contribution in [1.29, 1.82) is 0 Å². The largest absolute Gasteiger partial charge is 0.356 e. The van der Waals surface area contributed by atoms with Crippen molar-refractivity contribution in [3.05, 3.63) is 0 Å². The molecule has 2 rings (SSSR count). The fourth-order valence-corrected chi connectivity index (χ4v) is 3.10. The highest BCUT2D eigenvalue weighted by Crippen LogP contribution is 2.31. The van der Waals surface area contributed by atoms with Crippen molar-refractivity contribution in [2.24, 2.45) is 10.9 Å². The highest BCUT2D eigenvalue weighted by atomic mass is 127. The second-order valence-corrected chi connectivity index (χ2v) is 5.82. The molecule has 1 saturated heterocycles. The van der Waals surface area contributed by atoms with Gasteiger partial charge in [0, 0.05) is 32.7 Å². The molecule has 0 aromatic heterocycles. The van der Waals surface area contributed by atoms with E-state index >= 15 is 0 Å². The third kappa shape index (κ3) is 5.06. The first-order chi connectivity index (χ1) is 9.28. The molecule has 0 spiro atoms. The zero-order valence-electron chi connectivity index (χ0n) is 13.3. The van der Waals surface area contributed by atoms with Crippen LogP contribution in [0.5, 0.6) is 0 Å². The lowest BCUT2D eigenvalue weighted by Gasteiger charge is -2.27. The van der Waals surface area contributed by atoms with Crippen molar-refractivity contribution in [1.82, 2.24) is 15.1 Å². The molecule has 4 nitrogen and oxygen atoms in total. The molecule has 0 bridgehead atoms. The zero-order valence-corrected chi connectivity index (χ0v) is 15.6. The maximum atomic E-state index is 4.45. The summed E-state index contributed by atoms with van der Waals surface area (Å²) in [6.45, 7) is 10.2. The maximum Gasteiger partial charge on any atom is 0.193 e. The summed E-state index contributed by atoms with van der Waals surface area (Å²) >= 11 is 0. The van der Waals surface area contributed by atoms with Gasteiger partial charge in [0.1, 0.15) is 0 Å². The summed E-state index contributed by atoms with van der Waals surface area (Å²) in [4.78, 5) is 9.44. The minimum Gasteiger partial charge on any atom is -0.356 e. The van der Waals surface area contributed by atoms with E-state index in [4.69, 9.17) is 0 Å². The second kappa shape index (κ2) is 9.07. The SMILES string of the molecule is CCN(CC)C1CCN(C(=NC)NCCC2CC2)C1.I. The standard InChI is InChI=1S/C15H30N4.HI/c1-4-18(5-2)14-9-11-19(12-14)15(16-3)17-10-8-13-6-7-13;/h13-14H,4-12H2,1-3H3,(H,16,17);1H. The number of likely N-dealkylation sites (tertiary alicyclic amines) is 1. The molecular formula is C15H31IN4. The number of rotatable bonds is 6. The van der Waals surface area contributed by atoms with E-state index in [1.165, 1.54) is 25.7 Å². The van der Waals surface area contributed by atoms with Crippen LogP contribution in [-0.4, -0.2) is 61.6 Å². The van der Waals surface area contributed by atoms with Crippen molar-refractivity contribution in [2.75, 3.05) is 39.8 Å². The third-order valence-corrected chi connectivity index (χ3v) is 4.54. The monoisotopic (exact) mass is 394 g/mol. The van der Waals surface area contributed by atoms with E-state index in [1.807, 2.05) is 7.05 Å². The van der Waals surface area contributed by atoms with Gasteiger partial charge in [-0.25, -0.2) is 0 Å². The van der Waals surface area contributed by atoms with Crippen LogP contribution in [0.1, 0.15) is 39.5 Å². The van der Waals surface area contributed by atoms with Crippen molar-refractivity contribution >= 4 is 29.9 Å². The number of guanidine groups is 1. The number of halogens is 1. The summed E-state index contributed by atoms with van der Waals surface area (Å²) in [5, 5.41) is 3.54. The van der Waals surface area contributed by atoms with Gasteiger partial charge in [-0.1, -0.05) is 26.7 Å². The summed E-state index contributed by atoms with van der Waals surface area (Å²) in [5.41, 5.74) is 0. The van der Waals surface area contributed by atoms with Crippen LogP contribution in [0.2, 0.25) is 0 Å². The van der Waals surface area contributed by atoms with Crippen LogP contribution >= 0.6 is 24.0 Å². The van der Waals surface area contributed by atoms with E-state index in [0.717, 1.165) is 44.6 Å². The van der Waals surface area contributed by atoms with Crippen LogP contribution in [0.3, 0.4) is 0 Å². The molecule has 1 unspecified atom stereocenters. The van der Waals surface area contributed by atoms with Gasteiger partial charge in [0.15, 0.2) is 5.96 Å². The Labute approximate surface area is 141 Å². The lowest BCUT2D eigenvalue weighted by molar-refractivity contribution is 0.223. The number of aliphatic imine (C=N–C) groups is 1. The summed E-state index contributed by atoms with van der Waals surface area (Å²) in [6, 6.07) is 0.706. The van der Waals surface area contributed by atoms with Gasteiger partial charge in [-0.15, -0.1) is 24.0 Å². The fourth-order valence-electron chi connectivity index (χ4n) is 3.10. The Morgan fingerprint density at radius 1 is 1.25 bits per heavy atom. The Bertz CT molecular complexity index is 300. The summed E-state index contributed by atoms with van der Waals surface area (Å²) in [6.07, 6.45) is 5.46. The molecule has 0 aromatic rings. The van der Waals surface area contributed by atoms with E-state index < -0.39 is 0 Å². The van der Waals surface area contributed by atoms with Crippen LogP contribution in [0, 0.1) is 5.92 Å².